The van der Waals surface area contributed by atoms with Crippen LogP contribution in [0.5, 0.6) is 5.75 Å². The van der Waals surface area contributed by atoms with Crippen molar-refractivity contribution >= 4 is 13.3 Å². The van der Waals surface area contributed by atoms with Crippen molar-refractivity contribution < 1.29 is 9.50 Å². The molecule has 1 aromatic rings. The summed E-state index contributed by atoms with van der Waals surface area (Å²) in [6, 6.07) is 4.54. The first-order valence-electron chi connectivity index (χ1n) is 5.16. The van der Waals surface area contributed by atoms with Crippen LogP contribution in [0.15, 0.2) is 18.2 Å². The SMILES string of the molecule is CC(C)(C)[Si](C)(C)c1c(O)cccc1F. The van der Waals surface area contributed by atoms with E-state index in [9.17, 15) is 9.50 Å². The molecular weight excluding hydrogens is 207 g/mol. The Morgan fingerprint density at radius 2 is 1.73 bits per heavy atom. The number of rotatable bonds is 1. The highest BCUT2D eigenvalue weighted by molar-refractivity contribution is 6.92. The van der Waals surface area contributed by atoms with E-state index >= 15 is 0 Å². The van der Waals surface area contributed by atoms with Crippen LogP contribution in [0.1, 0.15) is 20.8 Å². The van der Waals surface area contributed by atoms with Crippen molar-refractivity contribution in [2.75, 3.05) is 0 Å². The lowest BCUT2D eigenvalue weighted by Crippen LogP contribution is -2.51. The Kier molecular flexibility index (Phi) is 2.96. The minimum atomic E-state index is -2.00. The number of hydrogen-bond donors (Lipinski definition) is 1. The number of aromatic hydroxyl groups is 1. The van der Waals surface area contributed by atoms with E-state index in [2.05, 4.69) is 33.9 Å². The molecule has 0 saturated carbocycles. The molecule has 0 aliphatic carbocycles. The van der Waals surface area contributed by atoms with Gasteiger partial charge in [0.05, 0.1) is 8.07 Å². The van der Waals surface area contributed by atoms with Crippen molar-refractivity contribution in [3.8, 4) is 5.75 Å². The summed E-state index contributed by atoms with van der Waals surface area (Å²) in [5.74, 6) is -0.178. The third-order valence-corrected chi connectivity index (χ3v) is 8.99. The van der Waals surface area contributed by atoms with Crippen molar-refractivity contribution in [3.63, 3.8) is 0 Å². The molecule has 0 unspecified atom stereocenters. The van der Waals surface area contributed by atoms with E-state index in [1.807, 2.05) is 0 Å². The maximum atomic E-state index is 13.8. The first-order valence-corrected chi connectivity index (χ1v) is 8.16. The molecule has 0 bridgehead atoms. The Hall–Kier alpha value is -0.833. The van der Waals surface area contributed by atoms with Crippen LogP contribution in [0.2, 0.25) is 18.1 Å². The van der Waals surface area contributed by atoms with Crippen LogP contribution in [0, 0.1) is 5.82 Å². The van der Waals surface area contributed by atoms with E-state index < -0.39 is 8.07 Å². The lowest BCUT2D eigenvalue weighted by Gasteiger charge is -2.37. The average molecular weight is 226 g/mol. The summed E-state index contributed by atoms with van der Waals surface area (Å²) in [6.07, 6.45) is 0. The van der Waals surface area contributed by atoms with Crippen molar-refractivity contribution in [1.82, 2.24) is 0 Å². The molecule has 1 rings (SSSR count). The smallest absolute Gasteiger partial charge is 0.126 e. The zero-order chi connectivity index (χ0) is 11.9. The number of phenols is 1. The summed E-state index contributed by atoms with van der Waals surface area (Å²) in [4.78, 5) is 0. The van der Waals surface area contributed by atoms with Gasteiger partial charge in [0.1, 0.15) is 11.6 Å². The second-order valence-corrected chi connectivity index (χ2v) is 10.8. The van der Waals surface area contributed by atoms with Gasteiger partial charge in [-0.05, 0) is 17.2 Å². The van der Waals surface area contributed by atoms with Gasteiger partial charge in [0.2, 0.25) is 0 Å². The van der Waals surface area contributed by atoms with Gasteiger partial charge in [-0.2, -0.15) is 0 Å². The molecule has 0 atom stereocenters. The lowest BCUT2D eigenvalue weighted by molar-refractivity contribution is 0.473. The van der Waals surface area contributed by atoms with Gasteiger partial charge in [0, 0.05) is 5.19 Å². The third-order valence-electron chi connectivity index (χ3n) is 3.49. The first-order chi connectivity index (χ1) is 6.68. The largest absolute Gasteiger partial charge is 0.508 e. The molecule has 0 saturated heterocycles. The van der Waals surface area contributed by atoms with Gasteiger partial charge in [-0.1, -0.05) is 39.9 Å². The predicted octanol–water partition coefficient (Wildman–Crippen LogP) is 3.25. The highest BCUT2D eigenvalue weighted by atomic mass is 28.3. The van der Waals surface area contributed by atoms with Crippen LogP contribution < -0.4 is 5.19 Å². The van der Waals surface area contributed by atoms with Gasteiger partial charge in [0.15, 0.2) is 0 Å². The lowest BCUT2D eigenvalue weighted by atomic mass is 10.2. The molecule has 0 aromatic heterocycles. The molecule has 84 valence electrons. The van der Waals surface area contributed by atoms with E-state index in [4.69, 9.17) is 0 Å². The second kappa shape index (κ2) is 3.63. The van der Waals surface area contributed by atoms with Gasteiger partial charge in [-0.3, -0.25) is 0 Å². The van der Waals surface area contributed by atoms with Crippen LogP contribution in [-0.2, 0) is 0 Å². The molecule has 0 radical (unpaired) electrons. The summed E-state index contributed by atoms with van der Waals surface area (Å²) in [5.41, 5.74) is 0. The summed E-state index contributed by atoms with van der Waals surface area (Å²) in [5, 5.41) is 10.3. The van der Waals surface area contributed by atoms with Crippen LogP contribution in [0.25, 0.3) is 0 Å². The van der Waals surface area contributed by atoms with E-state index in [1.165, 1.54) is 6.07 Å². The van der Waals surface area contributed by atoms with Crippen LogP contribution in [-0.4, -0.2) is 13.2 Å². The number of hydrogen-bond acceptors (Lipinski definition) is 1. The van der Waals surface area contributed by atoms with Gasteiger partial charge < -0.3 is 5.11 Å². The maximum Gasteiger partial charge on any atom is 0.126 e. The van der Waals surface area contributed by atoms with Crippen LogP contribution in [0.3, 0.4) is 0 Å². The minimum Gasteiger partial charge on any atom is -0.508 e. The Bertz CT molecular complexity index is 346. The molecular formula is C12H19FOSi. The Balaban J connectivity index is 3.39. The molecule has 0 amide bonds. The topological polar surface area (TPSA) is 20.2 Å². The zero-order valence-corrected chi connectivity index (χ0v) is 11.1. The molecule has 0 fully saturated rings. The number of halogens is 1. The van der Waals surface area contributed by atoms with Crippen molar-refractivity contribution in [2.45, 2.75) is 38.9 Å². The molecule has 0 aliphatic rings. The van der Waals surface area contributed by atoms with Gasteiger partial charge in [-0.15, -0.1) is 0 Å². The van der Waals surface area contributed by atoms with Crippen molar-refractivity contribution in [1.29, 1.82) is 0 Å². The average Bonchev–Trinajstić information content (AvgIpc) is 2.00. The maximum absolute atomic E-state index is 13.8. The number of benzene rings is 1. The molecule has 1 N–H and O–H groups in total. The molecule has 15 heavy (non-hydrogen) atoms. The minimum absolute atomic E-state index is 0.0205. The normalized spacial score (nSPS) is 12.9. The predicted molar refractivity (Wildman–Crippen MR) is 64.9 cm³/mol. The summed E-state index contributed by atoms with van der Waals surface area (Å²) in [6.45, 7) is 10.5. The fraction of sp³-hybridized carbons (Fsp3) is 0.500. The van der Waals surface area contributed by atoms with Gasteiger partial charge in [-0.25, -0.2) is 4.39 Å². The van der Waals surface area contributed by atoms with Crippen LogP contribution >= 0.6 is 0 Å². The van der Waals surface area contributed by atoms with Crippen molar-refractivity contribution in [3.05, 3.63) is 24.0 Å². The Morgan fingerprint density at radius 1 is 1.20 bits per heavy atom. The quantitative estimate of drug-likeness (QED) is 0.729. The third kappa shape index (κ3) is 2.07. The highest BCUT2D eigenvalue weighted by Gasteiger charge is 2.40. The second-order valence-electron chi connectivity index (χ2n) is 5.51. The first kappa shape index (κ1) is 12.2. The highest BCUT2D eigenvalue weighted by Crippen LogP contribution is 2.37. The van der Waals surface area contributed by atoms with Gasteiger partial charge in [0.25, 0.3) is 0 Å². The summed E-state index contributed by atoms with van der Waals surface area (Å²) < 4.78 is 13.8. The summed E-state index contributed by atoms with van der Waals surface area (Å²) in [7, 11) is -2.00. The molecule has 0 heterocycles. The fourth-order valence-corrected chi connectivity index (χ4v) is 3.66. The molecule has 1 aromatic carbocycles. The Morgan fingerprint density at radius 3 is 2.13 bits per heavy atom. The molecule has 3 heteroatoms. The van der Waals surface area contributed by atoms with Crippen molar-refractivity contribution in [2.24, 2.45) is 0 Å². The van der Waals surface area contributed by atoms with Gasteiger partial charge >= 0.3 is 0 Å². The molecule has 0 spiro atoms. The zero-order valence-electron chi connectivity index (χ0n) is 10.1. The number of phenolic OH excluding ortho intramolecular Hbond substituents is 1. The van der Waals surface area contributed by atoms with E-state index in [-0.39, 0.29) is 16.6 Å². The monoisotopic (exact) mass is 226 g/mol. The van der Waals surface area contributed by atoms with Crippen LogP contribution in [0.4, 0.5) is 4.39 Å². The standard InChI is InChI=1S/C12H19FOSi/c1-12(2,3)15(4,5)11-9(13)7-6-8-10(11)14/h6-8,14H,1-5H3. The van der Waals surface area contributed by atoms with E-state index in [1.54, 1.807) is 12.1 Å². The van der Waals surface area contributed by atoms with E-state index in [0.717, 1.165) is 0 Å². The molecule has 0 aliphatic heterocycles. The molecule has 1 nitrogen and oxygen atoms in total. The Labute approximate surface area is 92.0 Å². The summed E-state index contributed by atoms with van der Waals surface area (Å²) >= 11 is 0. The fourth-order valence-electron chi connectivity index (χ4n) is 1.51. The van der Waals surface area contributed by atoms with E-state index in [0.29, 0.717) is 5.19 Å².